The number of amides is 1. The third-order valence-corrected chi connectivity index (χ3v) is 5.15. The van der Waals surface area contributed by atoms with Gasteiger partial charge in [0, 0.05) is 52.0 Å². The van der Waals surface area contributed by atoms with Crippen LogP contribution in [0.1, 0.15) is 31.9 Å². The van der Waals surface area contributed by atoms with Crippen molar-refractivity contribution in [3.8, 4) is 0 Å². The molecule has 4 nitrogen and oxygen atoms in total. The summed E-state index contributed by atoms with van der Waals surface area (Å²) in [6.45, 7) is 3.73. The van der Waals surface area contributed by atoms with E-state index in [0.29, 0.717) is 0 Å². The largest absolute Gasteiger partial charge is 0.378 e. The highest BCUT2D eigenvalue weighted by atomic mass is 35.5. The number of benzene rings is 2. The second-order valence-electron chi connectivity index (χ2n) is 6.61. The Hall–Kier alpha value is -2.46. The predicted molar refractivity (Wildman–Crippen MR) is 103 cm³/mol. The second-order valence-corrected chi connectivity index (χ2v) is 7.05. The first-order chi connectivity index (χ1) is 12.0. The number of rotatable bonds is 2. The van der Waals surface area contributed by atoms with Gasteiger partial charge in [-0.25, -0.2) is 0 Å². The van der Waals surface area contributed by atoms with Crippen LogP contribution in [0, 0.1) is 0 Å². The Balaban J connectivity index is 1.83. The number of fused-ring (bicyclic) bond motifs is 3. The molecular weight excluding hydrogens is 334 g/mol. The minimum atomic E-state index is 0.0774. The molecule has 0 saturated heterocycles. The highest BCUT2D eigenvalue weighted by Crippen LogP contribution is 2.42. The summed E-state index contributed by atoms with van der Waals surface area (Å²) in [5, 5.41) is 5.50. The van der Waals surface area contributed by atoms with Crippen molar-refractivity contribution in [3.05, 3.63) is 59.2 Å². The van der Waals surface area contributed by atoms with E-state index in [9.17, 15) is 4.79 Å². The topological polar surface area (TPSA) is 48.1 Å². The normalized spacial score (nSPS) is 19.7. The van der Waals surface area contributed by atoms with E-state index in [0.717, 1.165) is 33.7 Å². The molecular formula is C20H20ClN3O. The van der Waals surface area contributed by atoms with E-state index in [-0.39, 0.29) is 18.0 Å². The molecule has 25 heavy (non-hydrogen) atoms. The quantitative estimate of drug-likeness (QED) is 0.671. The molecule has 0 aliphatic carbocycles. The van der Waals surface area contributed by atoms with E-state index < -0.39 is 0 Å². The highest BCUT2D eigenvalue weighted by Gasteiger charge is 2.33. The molecule has 0 fully saturated rings. The van der Waals surface area contributed by atoms with Gasteiger partial charge in [-0.1, -0.05) is 11.6 Å². The monoisotopic (exact) mass is 353 g/mol. The highest BCUT2D eigenvalue weighted by molar-refractivity contribution is 6.30. The smallest absolute Gasteiger partial charge is 0.224 e. The van der Waals surface area contributed by atoms with E-state index in [1.807, 2.05) is 47.5 Å². The summed E-state index contributed by atoms with van der Waals surface area (Å²) in [6, 6.07) is 14.2. The van der Waals surface area contributed by atoms with Crippen molar-refractivity contribution in [3.63, 3.8) is 0 Å². The van der Waals surface area contributed by atoms with Gasteiger partial charge in [-0.05, 0) is 55.8 Å². The average molecular weight is 354 g/mol. The van der Waals surface area contributed by atoms with Crippen molar-refractivity contribution in [1.82, 2.24) is 4.98 Å². The molecule has 1 aliphatic heterocycles. The van der Waals surface area contributed by atoms with E-state index in [4.69, 9.17) is 11.6 Å². The van der Waals surface area contributed by atoms with E-state index in [1.165, 1.54) is 5.56 Å². The molecule has 128 valence electrons. The van der Waals surface area contributed by atoms with Crippen LogP contribution in [0.25, 0.3) is 10.9 Å². The van der Waals surface area contributed by atoms with Crippen LogP contribution in [-0.4, -0.2) is 16.9 Å². The number of hydrogen-bond donors (Lipinski definition) is 2. The molecule has 2 heterocycles. The molecule has 1 amide bonds. The van der Waals surface area contributed by atoms with Gasteiger partial charge in [0.05, 0.1) is 6.04 Å². The van der Waals surface area contributed by atoms with Crippen molar-refractivity contribution in [2.45, 2.75) is 32.4 Å². The van der Waals surface area contributed by atoms with Crippen LogP contribution in [0.2, 0.25) is 5.02 Å². The van der Waals surface area contributed by atoms with Crippen LogP contribution in [0.15, 0.2) is 48.7 Å². The molecule has 3 aromatic rings. The molecule has 2 aromatic carbocycles. The zero-order valence-corrected chi connectivity index (χ0v) is 15.0. The van der Waals surface area contributed by atoms with Gasteiger partial charge in [-0.15, -0.1) is 0 Å². The van der Waals surface area contributed by atoms with Gasteiger partial charge >= 0.3 is 0 Å². The zero-order valence-electron chi connectivity index (χ0n) is 14.2. The van der Waals surface area contributed by atoms with Crippen molar-refractivity contribution in [2.24, 2.45) is 0 Å². The number of nitrogens with zero attached hydrogens (tertiary/aromatic N) is 1. The summed E-state index contributed by atoms with van der Waals surface area (Å²) in [6.07, 6.45) is 2.79. The molecule has 0 saturated carbocycles. The van der Waals surface area contributed by atoms with Crippen molar-refractivity contribution in [1.29, 1.82) is 0 Å². The minimum absolute atomic E-state index is 0.0774. The van der Waals surface area contributed by atoms with Gasteiger partial charge in [0.2, 0.25) is 5.91 Å². The van der Waals surface area contributed by atoms with Gasteiger partial charge < -0.3 is 15.2 Å². The molecule has 0 unspecified atom stereocenters. The fraction of sp³-hybridized carbons (Fsp3) is 0.250. The van der Waals surface area contributed by atoms with Gasteiger partial charge in [0.1, 0.15) is 0 Å². The van der Waals surface area contributed by atoms with Crippen LogP contribution in [0.5, 0.6) is 0 Å². The van der Waals surface area contributed by atoms with E-state index in [2.05, 4.69) is 23.3 Å². The van der Waals surface area contributed by atoms with Crippen LogP contribution in [-0.2, 0) is 4.79 Å². The lowest BCUT2D eigenvalue weighted by Crippen LogP contribution is -2.43. The first kappa shape index (κ1) is 16.0. The lowest BCUT2D eigenvalue weighted by molar-refractivity contribution is -0.117. The average Bonchev–Trinajstić information content (AvgIpc) is 3.04. The van der Waals surface area contributed by atoms with Gasteiger partial charge in [0.15, 0.2) is 0 Å². The van der Waals surface area contributed by atoms with Gasteiger partial charge in [-0.3, -0.25) is 4.79 Å². The van der Waals surface area contributed by atoms with Crippen LogP contribution in [0.3, 0.4) is 0 Å². The molecule has 0 radical (unpaired) electrons. The molecule has 2 N–H and O–H groups in total. The number of H-pyrrole nitrogens is 1. The Morgan fingerprint density at radius 3 is 2.68 bits per heavy atom. The number of aromatic nitrogens is 1. The summed E-state index contributed by atoms with van der Waals surface area (Å²) in [7, 11) is 0. The molecule has 2 atom stereocenters. The Morgan fingerprint density at radius 1 is 1.20 bits per heavy atom. The van der Waals surface area contributed by atoms with E-state index >= 15 is 0 Å². The maximum absolute atomic E-state index is 12.2. The maximum atomic E-state index is 12.2. The molecule has 1 aliphatic rings. The number of nitrogens with one attached hydrogen (secondary N) is 2. The Labute approximate surface area is 151 Å². The molecule has 4 rings (SSSR count). The Bertz CT molecular complexity index is 932. The Kier molecular flexibility index (Phi) is 3.92. The third-order valence-electron chi connectivity index (χ3n) is 4.90. The Morgan fingerprint density at radius 2 is 1.96 bits per heavy atom. The summed E-state index contributed by atoms with van der Waals surface area (Å²) < 4.78 is 0. The maximum Gasteiger partial charge on any atom is 0.224 e. The van der Waals surface area contributed by atoms with Crippen LogP contribution in [0.4, 0.5) is 11.4 Å². The standard InChI is InChI=1S/C20H20ClN3O/c1-12-11-18(23-15-5-3-14(21)4-6-15)20-16-9-10-22-17(16)7-8-19(20)24(12)13(2)25/h3-10,12,18,22-23H,11H2,1-2H3/t12-,18+/m0/s1. The fourth-order valence-corrected chi connectivity index (χ4v) is 4.01. The first-order valence-electron chi connectivity index (χ1n) is 8.46. The molecule has 0 spiro atoms. The second kappa shape index (κ2) is 6.12. The minimum Gasteiger partial charge on any atom is -0.378 e. The molecule has 1 aromatic heterocycles. The molecule has 5 heteroatoms. The molecule has 0 bridgehead atoms. The van der Waals surface area contributed by atoms with Crippen molar-refractivity contribution < 1.29 is 4.79 Å². The van der Waals surface area contributed by atoms with Crippen LogP contribution < -0.4 is 10.2 Å². The fourth-order valence-electron chi connectivity index (χ4n) is 3.88. The van der Waals surface area contributed by atoms with E-state index in [1.54, 1.807) is 6.92 Å². The summed E-state index contributed by atoms with van der Waals surface area (Å²) in [5.74, 6) is 0.0774. The number of carbonyl (C=O) groups is 1. The third kappa shape index (κ3) is 2.76. The zero-order chi connectivity index (χ0) is 17.6. The number of aromatic amines is 1. The van der Waals surface area contributed by atoms with Crippen molar-refractivity contribution in [2.75, 3.05) is 10.2 Å². The number of halogens is 1. The van der Waals surface area contributed by atoms with Gasteiger partial charge in [-0.2, -0.15) is 0 Å². The number of anilines is 2. The lowest BCUT2D eigenvalue weighted by Gasteiger charge is -2.40. The SMILES string of the molecule is CC(=O)N1c2ccc3[nH]ccc3c2[C@H](Nc2ccc(Cl)cc2)C[C@@H]1C. The lowest BCUT2D eigenvalue weighted by atomic mass is 9.89. The number of carbonyl (C=O) groups excluding carboxylic acids is 1. The number of hydrogen-bond acceptors (Lipinski definition) is 2. The van der Waals surface area contributed by atoms with Gasteiger partial charge in [0.25, 0.3) is 0 Å². The van der Waals surface area contributed by atoms with Crippen LogP contribution >= 0.6 is 11.6 Å². The summed E-state index contributed by atoms with van der Waals surface area (Å²) in [5.41, 5.74) is 4.27. The summed E-state index contributed by atoms with van der Waals surface area (Å²) in [4.78, 5) is 17.4. The first-order valence-corrected chi connectivity index (χ1v) is 8.84. The predicted octanol–water partition coefficient (Wildman–Crippen LogP) is 5.12. The van der Waals surface area contributed by atoms with Crippen molar-refractivity contribution >= 4 is 39.8 Å². The summed E-state index contributed by atoms with van der Waals surface area (Å²) >= 11 is 6.00.